The van der Waals surface area contributed by atoms with Gasteiger partial charge in [-0.05, 0) is 33.1 Å². The van der Waals surface area contributed by atoms with E-state index in [-0.39, 0.29) is 11.6 Å². The molecule has 3 aromatic carbocycles. The summed E-state index contributed by atoms with van der Waals surface area (Å²) in [5, 5.41) is 13.8. The van der Waals surface area contributed by atoms with E-state index < -0.39 is 14.4 Å². The lowest BCUT2D eigenvalue weighted by Crippen LogP contribution is -2.67. The van der Waals surface area contributed by atoms with E-state index >= 15 is 0 Å². The Morgan fingerprint density at radius 1 is 0.816 bits per heavy atom. The van der Waals surface area contributed by atoms with Crippen LogP contribution >= 0.6 is 23.5 Å². The van der Waals surface area contributed by atoms with Crippen LogP contribution in [0.1, 0.15) is 26.3 Å². The fourth-order valence-corrected chi connectivity index (χ4v) is 11.9. The summed E-state index contributed by atoms with van der Waals surface area (Å²) in [6, 6.07) is 29.1. The zero-order chi connectivity index (χ0) is 27.0. The Morgan fingerprint density at radius 2 is 1.39 bits per heavy atom. The topological polar surface area (TPSA) is 47.9 Å². The third kappa shape index (κ3) is 6.76. The van der Waals surface area contributed by atoms with Gasteiger partial charge in [-0.1, -0.05) is 93.6 Å². The Kier molecular flexibility index (Phi) is 10.2. The maximum atomic E-state index is 11.5. The molecule has 1 atom stereocenters. The Hall–Kier alpha value is -2.00. The van der Waals surface area contributed by atoms with Gasteiger partial charge >= 0.3 is 0 Å². The van der Waals surface area contributed by atoms with Gasteiger partial charge in [-0.3, -0.25) is 0 Å². The minimum Gasteiger partial charge on any atom is -0.497 e. The summed E-state index contributed by atoms with van der Waals surface area (Å²) in [4.78, 5) is 2.09. The summed E-state index contributed by atoms with van der Waals surface area (Å²) in [7, 11) is -1.05. The Bertz CT molecular complexity index is 1140. The van der Waals surface area contributed by atoms with Gasteiger partial charge in [0.05, 0.1) is 26.9 Å². The van der Waals surface area contributed by atoms with Gasteiger partial charge in [0, 0.05) is 21.3 Å². The molecular formula is C31H38O4S2Si. The number of hydrogen-bond acceptors (Lipinski definition) is 6. The Balaban J connectivity index is 1.54. The molecule has 4 nitrogen and oxygen atoms in total. The van der Waals surface area contributed by atoms with Gasteiger partial charge in [-0.25, -0.2) is 0 Å². The first kappa shape index (κ1) is 29.0. The number of hydrogen-bond donors (Lipinski definition) is 1. The van der Waals surface area contributed by atoms with Crippen LogP contribution in [0, 0.1) is 0 Å². The first-order valence-electron chi connectivity index (χ1n) is 13.0. The predicted octanol–water partition coefficient (Wildman–Crippen LogP) is 5.84. The molecule has 0 saturated carbocycles. The van der Waals surface area contributed by atoms with Crippen molar-refractivity contribution in [3.05, 3.63) is 100 Å². The second kappa shape index (κ2) is 13.4. The molecule has 1 aliphatic heterocycles. The van der Waals surface area contributed by atoms with E-state index in [9.17, 15) is 5.11 Å². The molecule has 0 amide bonds. The van der Waals surface area contributed by atoms with Gasteiger partial charge in [0.15, 0.2) is 0 Å². The van der Waals surface area contributed by atoms with Crippen molar-refractivity contribution < 1.29 is 19.0 Å². The van der Waals surface area contributed by atoms with Crippen LogP contribution in [0.25, 0.3) is 0 Å². The average Bonchev–Trinajstić information content (AvgIpc) is 2.94. The summed E-state index contributed by atoms with van der Waals surface area (Å²) >= 11 is 3.51. The van der Waals surface area contributed by atoms with Gasteiger partial charge in [0.25, 0.3) is 8.32 Å². The maximum absolute atomic E-state index is 11.5. The van der Waals surface area contributed by atoms with Crippen LogP contribution in [-0.4, -0.2) is 51.4 Å². The molecule has 0 bridgehead atoms. The van der Waals surface area contributed by atoms with Crippen molar-refractivity contribution >= 4 is 42.2 Å². The zero-order valence-electron chi connectivity index (χ0n) is 22.7. The molecule has 1 aliphatic rings. The van der Waals surface area contributed by atoms with Crippen molar-refractivity contribution in [3.8, 4) is 5.75 Å². The number of methoxy groups -OCH3 is 1. The van der Waals surface area contributed by atoms with Crippen LogP contribution in [0.2, 0.25) is 5.04 Å². The van der Waals surface area contributed by atoms with Gasteiger partial charge in [0.2, 0.25) is 0 Å². The highest BCUT2D eigenvalue weighted by molar-refractivity contribution is 8.10. The SMILES string of the molecule is COc1ccc(COCC2=C([C@@H](O)CO[Si](c3ccccc3)(c3ccccc3)C(C)(C)C)SCCS2)cc1. The molecule has 1 heterocycles. The molecule has 7 heteroatoms. The first-order chi connectivity index (χ1) is 18.3. The highest BCUT2D eigenvalue weighted by Gasteiger charge is 2.50. The average molecular weight is 567 g/mol. The number of thioether (sulfide) groups is 2. The second-order valence-corrected chi connectivity index (χ2v) is 16.9. The van der Waals surface area contributed by atoms with Gasteiger partial charge in [0.1, 0.15) is 11.9 Å². The summed E-state index contributed by atoms with van der Waals surface area (Å²) in [5.74, 6) is 2.82. The van der Waals surface area contributed by atoms with Crippen LogP contribution < -0.4 is 15.1 Å². The molecular weight excluding hydrogens is 529 g/mol. The molecule has 0 unspecified atom stereocenters. The van der Waals surface area contributed by atoms with E-state index in [2.05, 4.69) is 69.3 Å². The highest BCUT2D eigenvalue weighted by atomic mass is 32.2. The van der Waals surface area contributed by atoms with E-state index in [0.29, 0.717) is 13.2 Å². The quantitative estimate of drug-likeness (QED) is 0.294. The summed E-state index contributed by atoms with van der Waals surface area (Å²) in [5.41, 5.74) is 1.09. The van der Waals surface area contributed by atoms with Crippen molar-refractivity contribution in [1.82, 2.24) is 0 Å². The highest BCUT2D eigenvalue weighted by Crippen LogP contribution is 2.39. The van der Waals surface area contributed by atoms with Crippen molar-refractivity contribution in [2.24, 2.45) is 0 Å². The van der Waals surface area contributed by atoms with E-state index in [0.717, 1.165) is 32.6 Å². The van der Waals surface area contributed by atoms with Crippen LogP contribution in [0.4, 0.5) is 0 Å². The molecule has 0 spiro atoms. The predicted molar refractivity (Wildman–Crippen MR) is 164 cm³/mol. The lowest BCUT2D eigenvalue weighted by atomic mass is 10.2. The van der Waals surface area contributed by atoms with Crippen molar-refractivity contribution in [2.75, 3.05) is 31.8 Å². The molecule has 0 aromatic heterocycles. The monoisotopic (exact) mass is 566 g/mol. The molecule has 202 valence electrons. The summed E-state index contributed by atoms with van der Waals surface area (Å²) in [6.45, 7) is 8.02. The summed E-state index contributed by atoms with van der Waals surface area (Å²) in [6.07, 6.45) is -0.700. The van der Waals surface area contributed by atoms with Gasteiger partial charge in [-0.15, -0.1) is 23.5 Å². The molecule has 3 aromatic rings. The molecule has 0 radical (unpaired) electrons. The standard InChI is InChI=1S/C31H38O4S2Si/c1-31(2,3)38(26-11-7-5-8-12-26,27-13-9-6-10-14-27)35-22-28(32)30-29(36-19-20-37-30)23-34-21-24-15-17-25(33-4)18-16-24/h5-18,28,32H,19-23H2,1-4H3/t28-/m0/s1. The van der Waals surface area contributed by atoms with Crippen LogP contribution in [0.5, 0.6) is 5.75 Å². The molecule has 0 aliphatic carbocycles. The van der Waals surface area contributed by atoms with E-state index in [1.54, 1.807) is 30.6 Å². The molecule has 38 heavy (non-hydrogen) atoms. The maximum Gasteiger partial charge on any atom is 0.261 e. The van der Waals surface area contributed by atoms with E-state index in [1.165, 1.54) is 10.4 Å². The number of aliphatic hydroxyl groups is 1. The van der Waals surface area contributed by atoms with Gasteiger partial charge in [-0.2, -0.15) is 0 Å². The minimum absolute atomic E-state index is 0.136. The molecule has 0 saturated heterocycles. The minimum atomic E-state index is -2.72. The number of rotatable bonds is 11. The molecule has 4 rings (SSSR count). The number of ether oxygens (including phenoxy) is 2. The van der Waals surface area contributed by atoms with Crippen molar-refractivity contribution in [3.63, 3.8) is 0 Å². The number of aliphatic hydroxyl groups excluding tert-OH is 1. The molecule has 1 N–H and O–H groups in total. The smallest absolute Gasteiger partial charge is 0.261 e. The Labute approximate surface area is 236 Å². The molecule has 0 fully saturated rings. The zero-order valence-corrected chi connectivity index (χ0v) is 25.3. The third-order valence-corrected chi connectivity index (χ3v) is 14.5. The van der Waals surface area contributed by atoms with Crippen molar-refractivity contribution in [1.29, 1.82) is 0 Å². The van der Waals surface area contributed by atoms with Gasteiger partial charge < -0.3 is 19.0 Å². The fourth-order valence-electron chi connectivity index (χ4n) is 4.89. The second-order valence-electron chi connectivity index (χ2n) is 10.3. The fraction of sp³-hybridized carbons (Fsp3) is 0.355. The lowest BCUT2D eigenvalue weighted by molar-refractivity contribution is 0.129. The van der Waals surface area contributed by atoms with Crippen LogP contribution in [-0.2, 0) is 15.8 Å². The van der Waals surface area contributed by atoms with Crippen LogP contribution in [0.15, 0.2) is 94.7 Å². The summed E-state index contributed by atoms with van der Waals surface area (Å²) < 4.78 is 18.3. The lowest BCUT2D eigenvalue weighted by Gasteiger charge is -2.43. The largest absolute Gasteiger partial charge is 0.497 e. The van der Waals surface area contributed by atoms with E-state index in [1.807, 2.05) is 36.4 Å². The number of benzene rings is 3. The van der Waals surface area contributed by atoms with E-state index in [4.69, 9.17) is 13.9 Å². The van der Waals surface area contributed by atoms with Crippen LogP contribution in [0.3, 0.4) is 0 Å². The Morgan fingerprint density at radius 3 is 1.95 bits per heavy atom. The normalized spacial score (nSPS) is 15.4. The van der Waals surface area contributed by atoms with Crippen molar-refractivity contribution in [2.45, 2.75) is 38.5 Å². The third-order valence-electron chi connectivity index (χ3n) is 6.73. The first-order valence-corrected chi connectivity index (χ1v) is 16.9.